The molecule has 0 atom stereocenters. The minimum Gasteiger partial charge on any atom is -0.460 e. The van der Waals surface area contributed by atoms with Crippen LogP contribution in [0, 0.1) is 0 Å². The number of anilines is 2. The lowest BCUT2D eigenvalue weighted by Gasteiger charge is -2.14. The summed E-state index contributed by atoms with van der Waals surface area (Å²) in [5.74, 6) is 1.09. The van der Waals surface area contributed by atoms with Crippen molar-refractivity contribution in [2.45, 2.75) is 12.8 Å². The van der Waals surface area contributed by atoms with E-state index >= 15 is 0 Å². The third kappa shape index (κ3) is 5.14. The Bertz CT molecular complexity index is 2750. The van der Waals surface area contributed by atoms with Gasteiger partial charge in [0.1, 0.15) is 22.5 Å². The quantitative estimate of drug-likeness (QED) is 0.194. The summed E-state index contributed by atoms with van der Waals surface area (Å²) in [4.78, 5) is 0. The van der Waals surface area contributed by atoms with Crippen molar-refractivity contribution < 1.29 is 8.83 Å². The first kappa shape index (κ1) is 29.3. The Morgan fingerprint density at radius 1 is 0.451 bits per heavy atom. The van der Waals surface area contributed by atoms with Crippen LogP contribution in [0.5, 0.6) is 0 Å². The molecular weight excluding hydrogens is 623 g/mol. The molecule has 3 heteroatoms. The monoisotopic (exact) mass is 655 g/mol. The van der Waals surface area contributed by atoms with Gasteiger partial charge in [-0.05, 0) is 99.5 Å². The maximum absolute atomic E-state index is 6.49. The molecule has 51 heavy (non-hydrogen) atoms. The number of hydrogen-bond acceptors (Lipinski definition) is 3. The van der Waals surface area contributed by atoms with E-state index in [9.17, 15) is 0 Å². The van der Waals surface area contributed by atoms with Gasteiger partial charge in [0.2, 0.25) is 0 Å². The van der Waals surface area contributed by atoms with Crippen molar-refractivity contribution in [1.82, 2.24) is 0 Å². The highest BCUT2D eigenvalue weighted by molar-refractivity contribution is 6.18. The van der Waals surface area contributed by atoms with Crippen LogP contribution in [-0.2, 0) is 6.42 Å². The fourth-order valence-electron chi connectivity index (χ4n) is 7.68. The zero-order chi connectivity index (χ0) is 33.7. The van der Waals surface area contributed by atoms with Gasteiger partial charge in [-0.1, -0.05) is 121 Å². The summed E-state index contributed by atoms with van der Waals surface area (Å²) in [6.07, 6.45) is 6.43. The van der Waals surface area contributed by atoms with Crippen LogP contribution in [0.3, 0.4) is 0 Å². The van der Waals surface area contributed by atoms with E-state index in [-0.39, 0.29) is 0 Å². The van der Waals surface area contributed by atoms with Crippen molar-refractivity contribution >= 4 is 50.4 Å². The van der Waals surface area contributed by atoms with Gasteiger partial charge >= 0.3 is 0 Å². The molecule has 0 aliphatic heterocycles. The van der Waals surface area contributed by atoms with Gasteiger partial charge in [0.05, 0.1) is 11.1 Å². The number of aryl methyl sites for hydroxylation is 1. The lowest BCUT2D eigenvalue weighted by molar-refractivity contribution is 0.546. The van der Waals surface area contributed by atoms with Crippen LogP contribution in [0.2, 0.25) is 0 Å². The molecule has 0 fully saturated rings. The molecule has 2 aromatic heterocycles. The van der Waals surface area contributed by atoms with Gasteiger partial charge in [0.25, 0.3) is 0 Å². The van der Waals surface area contributed by atoms with Gasteiger partial charge in [0.15, 0.2) is 0 Å². The number of nitrogens with one attached hydrogen (secondary N) is 1. The molecule has 0 spiro atoms. The minimum absolute atomic E-state index is 0.854. The van der Waals surface area contributed by atoms with Crippen LogP contribution in [0.4, 0.5) is 11.4 Å². The van der Waals surface area contributed by atoms with E-state index in [0.717, 1.165) is 79.8 Å². The number of benzene rings is 7. The van der Waals surface area contributed by atoms with Crippen molar-refractivity contribution in [2.24, 2.45) is 0 Å². The summed E-state index contributed by atoms with van der Waals surface area (Å²) in [5.41, 5.74) is 15.3. The Hall–Kier alpha value is -6.58. The molecule has 3 nitrogen and oxygen atoms in total. The zero-order valence-corrected chi connectivity index (χ0v) is 27.9. The van der Waals surface area contributed by atoms with E-state index in [1.807, 2.05) is 0 Å². The molecule has 0 unspecified atom stereocenters. The number of hydrogen-bond donors (Lipinski definition) is 1. The van der Waals surface area contributed by atoms with Crippen molar-refractivity contribution in [3.8, 4) is 44.5 Å². The Morgan fingerprint density at radius 3 is 1.96 bits per heavy atom. The SMILES string of the molecule is C1=Cc2c(oc3cc(-c4ccc(Nc5cccc6oc7cccc(-c8ccc(-c9ccccc9)c(-c9ccccc9)c8)c7c56)cc4)ccc23)CC1. The van der Waals surface area contributed by atoms with Crippen LogP contribution in [0.25, 0.3) is 83.5 Å². The third-order valence-corrected chi connectivity index (χ3v) is 10.1. The van der Waals surface area contributed by atoms with Crippen molar-refractivity contribution in [3.05, 3.63) is 175 Å². The van der Waals surface area contributed by atoms with Crippen molar-refractivity contribution in [2.75, 3.05) is 5.32 Å². The summed E-state index contributed by atoms with van der Waals surface area (Å²) in [7, 11) is 0. The summed E-state index contributed by atoms with van der Waals surface area (Å²) in [6.45, 7) is 0. The van der Waals surface area contributed by atoms with Gasteiger partial charge in [-0.2, -0.15) is 0 Å². The number of rotatable bonds is 6. The average molecular weight is 656 g/mol. The van der Waals surface area contributed by atoms with Crippen LogP contribution in [0.1, 0.15) is 17.7 Å². The van der Waals surface area contributed by atoms with Crippen molar-refractivity contribution in [1.29, 1.82) is 0 Å². The minimum atomic E-state index is 0.854. The standard InChI is InChI=1S/C48H33NO2/c1-3-11-32(12-4-1)37-27-24-35(29-41(37)33-13-5-2-6-14-33)38-16-9-19-44-47(38)48-42(17-10-20-45(48)51-44)49-36-25-21-31(22-26-36)34-23-28-40-39-15-7-8-18-43(39)50-46(40)30-34/h1-7,9-17,19-30,49H,8,18H2. The van der Waals surface area contributed by atoms with E-state index in [4.69, 9.17) is 8.83 Å². The van der Waals surface area contributed by atoms with Crippen LogP contribution < -0.4 is 5.32 Å². The Labute approximate surface area is 296 Å². The van der Waals surface area contributed by atoms with E-state index in [1.165, 1.54) is 33.2 Å². The molecule has 0 radical (unpaired) electrons. The molecule has 2 heterocycles. The highest BCUT2D eigenvalue weighted by atomic mass is 16.3. The lowest BCUT2D eigenvalue weighted by Crippen LogP contribution is -1.92. The molecule has 0 saturated heterocycles. The Balaban J connectivity index is 1.04. The molecule has 9 aromatic rings. The third-order valence-electron chi connectivity index (χ3n) is 10.1. The molecule has 1 N–H and O–H groups in total. The Morgan fingerprint density at radius 2 is 1.16 bits per heavy atom. The van der Waals surface area contributed by atoms with Gasteiger partial charge in [0, 0.05) is 28.4 Å². The predicted octanol–water partition coefficient (Wildman–Crippen LogP) is 13.7. The molecule has 0 bridgehead atoms. The first-order chi connectivity index (χ1) is 25.3. The molecule has 0 amide bonds. The number of allylic oxidation sites excluding steroid dienone is 1. The zero-order valence-electron chi connectivity index (χ0n) is 27.9. The fraction of sp³-hybridized carbons (Fsp3) is 0.0417. The normalized spacial score (nSPS) is 12.5. The van der Waals surface area contributed by atoms with Crippen LogP contribution in [-0.4, -0.2) is 0 Å². The molecule has 7 aromatic carbocycles. The largest absolute Gasteiger partial charge is 0.460 e. The molecule has 242 valence electrons. The Kier molecular flexibility index (Phi) is 6.95. The maximum Gasteiger partial charge on any atom is 0.137 e. The van der Waals surface area contributed by atoms with Crippen LogP contribution >= 0.6 is 0 Å². The van der Waals surface area contributed by atoms with Crippen LogP contribution in [0.15, 0.2) is 173 Å². The highest BCUT2D eigenvalue weighted by Gasteiger charge is 2.18. The van der Waals surface area contributed by atoms with E-state index < -0.39 is 0 Å². The molecule has 1 aliphatic carbocycles. The molecule has 0 saturated carbocycles. The fourth-order valence-corrected chi connectivity index (χ4v) is 7.68. The van der Waals surface area contributed by atoms with Crippen molar-refractivity contribution in [3.63, 3.8) is 0 Å². The average Bonchev–Trinajstić information content (AvgIpc) is 3.77. The number of furan rings is 2. The highest BCUT2D eigenvalue weighted by Crippen LogP contribution is 2.43. The second-order valence-corrected chi connectivity index (χ2v) is 13.2. The summed E-state index contributed by atoms with van der Waals surface area (Å²) < 4.78 is 12.7. The van der Waals surface area contributed by atoms with E-state index in [2.05, 4.69) is 175 Å². The van der Waals surface area contributed by atoms with Gasteiger partial charge in [-0.15, -0.1) is 0 Å². The summed E-state index contributed by atoms with van der Waals surface area (Å²) in [6, 6.07) is 55.9. The second kappa shape index (κ2) is 12.1. The number of fused-ring (bicyclic) bond motifs is 6. The lowest BCUT2D eigenvalue weighted by atomic mass is 9.90. The topological polar surface area (TPSA) is 38.3 Å². The summed E-state index contributed by atoms with van der Waals surface area (Å²) in [5, 5.41) is 7.08. The van der Waals surface area contributed by atoms with Gasteiger partial charge in [-0.25, -0.2) is 0 Å². The second-order valence-electron chi connectivity index (χ2n) is 13.2. The first-order valence-electron chi connectivity index (χ1n) is 17.6. The van der Waals surface area contributed by atoms with Gasteiger partial charge < -0.3 is 14.2 Å². The predicted molar refractivity (Wildman–Crippen MR) is 212 cm³/mol. The van der Waals surface area contributed by atoms with E-state index in [0.29, 0.717) is 0 Å². The molecule has 1 aliphatic rings. The van der Waals surface area contributed by atoms with E-state index in [1.54, 1.807) is 0 Å². The maximum atomic E-state index is 6.49. The first-order valence-corrected chi connectivity index (χ1v) is 17.6. The smallest absolute Gasteiger partial charge is 0.137 e. The summed E-state index contributed by atoms with van der Waals surface area (Å²) >= 11 is 0. The molecular formula is C48H33NO2. The molecule has 10 rings (SSSR count). The van der Waals surface area contributed by atoms with Gasteiger partial charge in [-0.3, -0.25) is 0 Å².